The third-order valence-electron chi connectivity index (χ3n) is 5.69. The predicted octanol–water partition coefficient (Wildman–Crippen LogP) is 2.66. The fourth-order valence-electron chi connectivity index (χ4n) is 4.01. The minimum Gasteiger partial charge on any atom is -0.352 e. The highest BCUT2D eigenvalue weighted by molar-refractivity contribution is 9.10. The standard InChI is InChI=1S/C21H28BrN3O3/c1-12-5-7-14-9-16(22)10-15-11-17(25(19(14)15)21(12)28)20(27)23-13(2)6-8-18(26)24(3)4/h9-10,12-13,17H,5-8,11H2,1-4H3,(H,23,27)/t12-,13+,17-/m0/s1. The molecule has 3 amide bonds. The summed E-state index contributed by atoms with van der Waals surface area (Å²) in [6.07, 6.45) is 3.10. The van der Waals surface area contributed by atoms with Gasteiger partial charge in [-0.25, -0.2) is 0 Å². The van der Waals surface area contributed by atoms with E-state index >= 15 is 0 Å². The van der Waals surface area contributed by atoms with Gasteiger partial charge >= 0.3 is 0 Å². The zero-order valence-corrected chi connectivity index (χ0v) is 18.5. The molecule has 0 saturated heterocycles. The molecular formula is C21H28BrN3O3. The first-order valence-electron chi connectivity index (χ1n) is 9.84. The third kappa shape index (κ3) is 4.09. The summed E-state index contributed by atoms with van der Waals surface area (Å²) in [7, 11) is 3.45. The molecule has 2 heterocycles. The number of rotatable bonds is 5. The molecule has 7 heteroatoms. The lowest BCUT2D eigenvalue weighted by molar-refractivity contribution is -0.129. The lowest BCUT2D eigenvalue weighted by Gasteiger charge is -2.27. The van der Waals surface area contributed by atoms with Crippen molar-refractivity contribution in [3.8, 4) is 0 Å². The van der Waals surface area contributed by atoms with E-state index in [9.17, 15) is 14.4 Å². The van der Waals surface area contributed by atoms with Gasteiger partial charge in [0.25, 0.3) is 0 Å². The summed E-state index contributed by atoms with van der Waals surface area (Å²) >= 11 is 3.56. The van der Waals surface area contributed by atoms with Gasteiger partial charge in [0, 0.05) is 43.4 Å². The molecule has 3 rings (SSSR count). The highest BCUT2D eigenvalue weighted by atomic mass is 79.9. The van der Waals surface area contributed by atoms with Crippen LogP contribution in [0.15, 0.2) is 16.6 Å². The van der Waals surface area contributed by atoms with Gasteiger partial charge in [-0.2, -0.15) is 0 Å². The van der Waals surface area contributed by atoms with E-state index in [1.54, 1.807) is 23.9 Å². The molecule has 0 saturated carbocycles. The van der Waals surface area contributed by atoms with Gasteiger partial charge in [-0.3, -0.25) is 19.3 Å². The smallest absolute Gasteiger partial charge is 0.243 e. The zero-order chi connectivity index (χ0) is 20.6. The number of carbonyl (C=O) groups is 3. The van der Waals surface area contributed by atoms with Gasteiger partial charge in [-0.05, 0) is 49.4 Å². The lowest BCUT2D eigenvalue weighted by atomic mass is 9.99. The molecule has 0 fully saturated rings. The minimum absolute atomic E-state index is 0.0235. The monoisotopic (exact) mass is 449 g/mol. The minimum atomic E-state index is -0.525. The number of carbonyl (C=O) groups excluding carboxylic acids is 3. The van der Waals surface area contributed by atoms with Crippen LogP contribution in [0.1, 0.15) is 44.2 Å². The number of nitrogens with one attached hydrogen (secondary N) is 1. The highest BCUT2D eigenvalue weighted by Crippen LogP contribution is 2.41. The van der Waals surface area contributed by atoms with Gasteiger partial charge in [-0.15, -0.1) is 0 Å². The number of amides is 3. The molecule has 3 atom stereocenters. The quantitative estimate of drug-likeness (QED) is 0.750. The second kappa shape index (κ2) is 8.23. The Morgan fingerprint density at radius 2 is 2.00 bits per heavy atom. The molecule has 152 valence electrons. The normalized spacial score (nSPS) is 21.8. The molecule has 0 radical (unpaired) electrons. The fourth-order valence-corrected chi connectivity index (χ4v) is 4.56. The molecule has 0 aliphatic carbocycles. The van der Waals surface area contributed by atoms with Crippen LogP contribution in [-0.4, -0.2) is 48.8 Å². The van der Waals surface area contributed by atoms with Crippen LogP contribution in [0.4, 0.5) is 5.69 Å². The van der Waals surface area contributed by atoms with Crippen molar-refractivity contribution in [2.24, 2.45) is 5.92 Å². The first kappa shape index (κ1) is 20.8. The number of hydrogen-bond donors (Lipinski definition) is 1. The van der Waals surface area contributed by atoms with Crippen LogP contribution in [0.25, 0.3) is 0 Å². The number of hydrogen-bond acceptors (Lipinski definition) is 3. The summed E-state index contributed by atoms with van der Waals surface area (Å²) in [5, 5.41) is 3.01. The van der Waals surface area contributed by atoms with Crippen LogP contribution in [0, 0.1) is 5.92 Å². The van der Waals surface area contributed by atoms with E-state index in [1.165, 1.54) is 0 Å². The van der Waals surface area contributed by atoms with E-state index in [0.717, 1.165) is 34.1 Å². The molecule has 1 N–H and O–H groups in total. The summed E-state index contributed by atoms with van der Waals surface area (Å²) in [6.45, 7) is 3.84. The summed E-state index contributed by atoms with van der Waals surface area (Å²) in [6, 6.07) is 3.42. The van der Waals surface area contributed by atoms with Crippen molar-refractivity contribution < 1.29 is 14.4 Å². The molecule has 0 spiro atoms. The van der Waals surface area contributed by atoms with Crippen LogP contribution < -0.4 is 10.2 Å². The molecular weight excluding hydrogens is 422 g/mol. The van der Waals surface area contributed by atoms with Crippen molar-refractivity contribution in [1.29, 1.82) is 0 Å². The Morgan fingerprint density at radius 3 is 2.68 bits per heavy atom. The zero-order valence-electron chi connectivity index (χ0n) is 16.9. The topological polar surface area (TPSA) is 69.7 Å². The van der Waals surface area contributed by atoms with E-state index in [-0.39, 0.29) is 29.7 Å². The van der Waals surface area contributed by atoms with Gasteiger partial charge in [0.05, 0.1) is 5.69 Å². The first-order valence-corrected chi connectivity index (χ1v) is 10.6. The van der Waals surface area contributed by atoms with Crippen LogP contribution in [0.3, 0.4) is 0 Å². The third-order valence-corrected chi connectivity index (χ3v) is 6.14. The van der Waals surface area contributed by atoms with Crippen molar-refractivity contribution in [2.45, 2.75) is 58.0 Å². The van der Waals surface area contributed by atoms with Crippen molar-refractivity contribution >= 4 is 39.3 Å². The number of benzene rings is 1. The van der Waals surface area contributed by atoms with E-state index in [2.05, 4.69) is 27.3 Å². The van der Waals surface area contributed by atoms with Crippen LogP contribution in [0.2, 0.25) is 0 Å². The van der Waals surface area contributed by atoms with Gasteiger partial charge in [-0.1, -0.05) is 22.9 Å². The largest absolute Gasteiger partial charge is 0.352 e. The Hall–Kier alpha value is -1.89. The number of nitrogens with zero attached hydrogens (tertiary/aromatic N) is 2. The van der Waals surface area contributed by atoms with E-state index in [1.807, 2.05) is 19.9 Å². The molecule has 0 bridgehead atoms. The number of halogens is 1. The van der Waals surface area contributed by atoms with Crippen LogP contribution in [0.5, 0.6) is 0 Å². The van der Waals surface area contributed by atoms with Crippen LogP contribution >= 0.6 is 15.9 Å². The summed E-state index contributed by atoms with van der Waals surface area (Å²) in [5.74, 6) is -0.191. The summed E-state index contributed by atoms with van der Waals surface area (Å²) in [5.41, 5.74) is 3.09. The van der Waals surface area contributed by atoms with Gasteiger partial charge in [0.2, 0.25) is 17.7 Å². The average Bonchev–Trinajstić information content (AvgIpc) is 2.96. The second-order valence-corrected chi connectivity index (χ2v) is 9.09. The lowest BCUT2D eigenvalue weighted by Crippen LogP contribution is -2.51. The van der Waals surface area contributed by atoms with Gasteiger partial charge in [0.1, 0.15) is 6.04 Å². The Balaban J connectivity index is 1.77. The van der Waals surface area contributed by atoms with Crippen molar-refractivity contribution in [3.05, 3.63) is 27.7 Å². The number of anilines is 1. The second-order valence-electron chi connectivity index (χ2n) is 8.18. The molecule has 0 unspecified atom stereocenters. The Morgan fingerprint density at radius 1 is 1.32 bits per heavy atom. The van der Waals surface area contributed by atoms with Crippen molar-refractivity contribution in [3.63, 3.8) is 0 Å². The van der Waals surface area contributed by atoms with Crippen LogP contribution in [-0.2, 0) is 27.2 Å². The van der Waals surface area contributed by atoms with Crippen molar-refractivity contribution in [1.82, 2.24) is 10.2 Å². The van der Waals surface area contributed by atoms with Gasteiger partial charge < -0.3 is 10.2 Å². The fraction of sp³-hybridized carbons (Fsp3) is 0.571. The molecule has 1 aromatic rings. The van der Waals surface area contributed by atoms with Crippen molar-refractivity contribution in [2.75, 3.05) is 19.0 Å². The summed E-state index contributed by atoms with van der Waals surface area (Å²) < 4.78 is 0.986. The maximum atomic E-state index is 13.0. The average molecular weight is 450 g/mol. The SMILES string of the molecule is C[C@H](CCC(=O)N(C)C)NC(=O)[C@@H]1Cc2cc(Br)cc3c2N1C(=O)[C@@H](C)CC3. The molecule has 1 aromatic carbocycles. The Bertz CT molecular complexity index is 808. The van der Waals surface area contributed by atoms with Gasteiger partial charge in [0.15, 0.2) is 0 Å². The molecule has 28 heavy (non-hydrogen) atoms. The molecule has 2 aliphatic heterocycles. The molecule has 6 nitrogen and oxygen atoms in total. The molecule has 0 aromatic heterocycles. The molecule has 2 aliphatic rings. The Kier molecular flexibility index (Phi) is 6.12. The summed E-state index contributed by atoms with van der Waals surface area (Å²) in [4.78, 5) is 41.1. The maximum Gasteiger partial charge on any atom is 0.243 e. The Labute approximate surface area is 174 Å². The highest BCUT2D eigenvalue weighted by Gasteiger charge is 2.42. The van der Waals surface area contributed by atoms with E-state index in [0.29, 0.717) is 19.3 Å². The van der Waals surface area contributed by atoms with E-state index < -0.39 is 6.04 Å². The first-order chi connectivity index (χ1) is 13.2. The van der Waals surface area contributed by atoms with E-state index in [4.69, 9.17) is 0 Å². The maximum absolute atomic E-state index is 13.0. The predicted molar refractivity (Wildman–Crippen MR) is 112 cm³/mol. The number of aryl methyl sites for hydroxylation is 1.